The highest BCUT2D eigenvalue weighted by Crippen LogP contribution is 2.61. The van der Waals surface area contributed by atoms with Gasteiger partial charge in [-0.25, -0.2) is 0 Å². The molecule has 0 spiro atoms. The maximum atomic E-state index is 6.65. The average Bonchev–Trinajstić information content (AvgIpc) is 3.86. The first kappa shape index (κ1) is 44.1. The molecule has 0 amide bonds. The van der Waals surface area contributed by atoms with Gasteiger partial charge in [-0.3, -0.25) is 0 Å². The summed E-state index contributed by atoms with van der Waals surface area (Å²) in [4.78, 5) is 7.08. The minimum atomic E-state index is 0.0652. The first-order valence-corrected chi connectivity index (χ1v) is 27.3. The molecule has 13 rings (SSSR count). The molecule has 2 saturated carbocycles. The number of nitrogens with zero attached hydrogens (tertiary/aromatic N) is 2. The molecule has 2 fully saturated rings. The molecule has 0 bridgehead atoms. The van der Waals surface area contributed by atoms with Gasteiger partial charge in [0.1, 0.15) is 5.58 Å². The predicted octanol–water partition coefficient (Wildman–Crippen LogP) is 16.0. The molecular weight excluding hydrogens is 856 g/mol. The minimum absolute atomic E-state index is 0.0652. The quantitative estimate of drug-likeness (QED) is 0.161. The van der Waals surface area contributed by atoms with Gasteiger partial charge in [-0.1, -0.05) is 132 Å². The van der Waals surface area contributed by atoms with Gasteiger partial charge in [-0.15, -0.1) is 0 Å². The second-order valence-corrected chi connectivity index (χ2v) is 28.0. The van der Waals surface area contributed by atoms with E-state index in [2.05, 4.69) is 197 Å². The van der Waals surface area contributed by atoms with Crippen molar-refractivity contribution in [3.63, 3.8) is 0 Å². The third-order valence-electron chi connectivity index (χ3n) is 19.8. The fourth-order valence-electron chi connectivity index (χ4n) is 15.4. The lowest BCUT2D eigenvalue weighted by atomic mass is 9.35. The summed E-state index contributed by atoms with van der Waals surface area (Å²) in [5, 5.41) is 2.24. The molecule has 2 aromatic heterocycles. The van der Waals surface area contributed by atoms with Crippen LogP contribution < -0.4 is 25.5 Å². The Kier molecular flexibility index (Phi) is 8.90. The van der Waals surface area contributed by atoms with E-state index < -0.39 is 0 Å². The van der Waals surface area contributed by atoms with Gasteiger partial charge in [0.2, 0.25) is 0 Å². The number of allylic oxidation sites excluding steroid dienone is 5. The Morgan fingerprint density at radius 2 is 1.36 bits per heavy atom. The van der Waals surface area contributed by atoms with Crippen LogP contribution in [0, 0.1) is 58.5 Å². The van der Waals surface area contributed by atoms with Crippen molar-refractivity contribution >= 4 is 90.2 Å². The van der Waals surface area contributed by atoms with Crippen LogP contribution in [0.1, 0.15) is 156 Å². The standard InChI is InChI=1S/C64H71BN2OS/c1-36-30-49-56-50(31-36)67(47-19-17-21-52-54(47)38-18-15-16-20-51(38)68-52)57-39-32-41-44(63(11,12)27-24-60(41,5)6)35-53(39)69-58(57)65(56)45-33-42-43(62(9,10)26-25-61(42,7)8)34-48(45)66(49)46-23-22-40-55(37(46)2)64(13,14)29-28-59(40,3)4/h15,17-19,21-23,30-34,37,44,55H,24-29,35H2,1-14H3. The Labute approximate surface area is 417 Å². The topological polar surface area (TPSA) is 19.6 Å². The van der Waals surface area contributed by atoms with Crippen LogP contribution in [0.4, 0.5) is 28.4 Å². The zero-order valence-corrected chi connectivity index (χ0v) is 44.7. The van der Waals surface area contributed by atoms with E-state index in [1.54, 1.807) is 21.6 Å². The van der Waals surface area contributed by atoms with Crippen LogP contribution in [0.5, 0.6) is 0 Å². The third-order valence-corrected chi connectivity index (χ3v) is 21.1. The van der Waals surface area contributed by atoms with E-state index in [1.807, 2.05) is 6.07 Å². The molecule has 3 atom stereocenters. The number of benzene rings is 3. The van der Waals surface area contributed by atoms with Crippen molar-refractivity contribution in [1.82, 2.24) is 0 Å². The number of hydrogen-bond donors (Lipinski definition) is 0. The highest BCUT2D eigenvalue weighted by molar-refractivity contribution is 7.29. The van der Waals surface area contributed by atoms with Gasteiger partial charge in [0.05, 0.1) is 16.8 Å². The van der Waals surface area contributed by atoms with E-state index in [0.717, 1.165) is 28.4 Å². The monoisotopic (exact) mass is 927 g/mol. The Bertz CT molecular complexity index is 3340. The number of rotatable bonds is 2. The molecule has 4 heterocycles. The van der Waals surface area contributed by atoms with Crippen LogP contribution >= 0.6 is 11.3 Å². The van der Waals surface area contributed by atoms with Crippen molar-refractivity contribution in [2.75, 3.05) is 9.80 Å². The average molecular weight is 927 g/mol. The smallest absolute Gasteiger partial charge is 0.264 e. The van der Waals surface area contributed by atoms with Crippen LogP contribution in [-0.2, 0) is 17.3 Å². The normalized spacial score (nSPS) is 25.7. The summed E-state index contributed by atoms with van der Waals surface area (Å²) in [6.07, 6.45) is 16.3. The number of anilines is 5. The lowest BCUT2D eigenvalue weighted by molar-refractivity contribution is 0.0932. The first-order chi connectivity index (χ1) is 32.5. The summed E-state index contributed by atoms with van der Waals surface area (Å²) in [5.74, 6) is 1.30. The van der Waals surface area contributed by atoms with Crippen LogP contribution in [0.25, 0.3) is 28.0 Å². The van der Waals surface area contributed by atoms with Gasteiger partial charge in [-0.2, -0.15) is 11.3 Å². The van der Waals surface area contributed by atoms with Gasteiger partial charge in [0, 0.05) is 49.3 Å². The summed E-state index contributed by atoms with van der Waals surface area (Å²) in [6.45, 7) is 35.3. The summed E-state index contributed by atoms with van der Waals surface area (Å²) < 4.78 is 8.14. The number of hydrogen-bond acceptors (Lipinski definition) is 4. The Hall–Kier alpha value is -4.92. The van der Waals surface area contributed by atoms with Gasteiger partial charge in [-0.05, 0) is 178 Å². The second-order valence-electron chi connectivity index (χ2n) is 26.9. The van der Waals surface area contributed by atoms with Gasteiger partial charge in [0.15, 0.2) is 5.58 Å². The van der Waals surface area contributed by atoms with E-state index in [4.69, 9.17) is 4.42 Å². The molecule has 3 nitrogen and oxygen atoms in total. The second kappa shape index (κ2) is 13.9. The number of aryl methyl sites for hydroxylation is 1. The zero-order valence-electron chi connectivity index (χ0n) is 43.9. The summed E-state index contributed by atoms with van der Waals surface area (Å²) in [6, 6.07) is 28.0. The third kappa shape index (κ3) is 6.00. The first-order valence-electron chi connectivity index (χ1n) is 26.5. The van der Waals surface area contributed by atoms with E-state index in [0.29, 0.717) is 17.8 Å². The summed E-state index contributed by atoms with van der Waals surface area (Å²) >= 11 is 2.14. The lowest BCUT2D eigenvalue weighted by Crippen LogP contribution is -2.61. The molecule has 4 aromatic carbocycles. The predicted molar refractivity (Wildman–Crippen MR) is 295 cm³/mol. The summed E-state index contributed by atoms with van der Waals surface area (Å²) in [7, 11) is 0. The van der Waals surface area contributed by atoms with E-state index in [1.165, 1.54) is 105 Å². The highest BCUT2D eigenvalue weighted by atomic mass is 32.1. The fourth-order valence-corrected chi connectivity index (χ4v) is 16.9. The fraction of sp³-hybridized carbons (Fsp3) is 0.469. The molecule has 6 aromatic rings. The molecule has 5 heteroatoms. The van der Waals surface area contributed by atoms with Gasteiger partial charge in [0.25, 0.3) is 6.71 Å². The van der Waals surface area contributed by atoms with Crippen molar-refractivity contribution in [2.24, 2.45) is 39.4 Å². The number of thiophene rings is 1. The van der Waals surface area contributed by atoms with Crippen molar-refractivity contribution in [1.29, 1.82) is 0 Å². The molecule has 0 radical (unpaired) electrons. The van der Waals surface area contributed by atoms with E-state index in [9.17, 15) is 0 Å². The molecule has 2 aliphatic heterocycles. The maximum absolute atomic E-state index is 6.65. The molecule has 0 N–H and O–H groups in total. The minimum Gasteiger partial charge on any atom is -0.447 e. The zero-order chi connectivity index (χ0) is 48.3. The van der Waals surface area contributed by atoms with Crippen molar-refractivity contribution in [3.05, 3.63) is 123 Å². The molecule has 0 saturated heterocycles. The van der Waals surface area contributed by atoms with Gasteiger partial charge >= 0.3 is 0 Å². The van der Waals surface area contributed by atoms with Crippen LogP contribution in [0.3, 0.4) is 0 Å². The summed E-state index contributed by atoms with van der Waals surface area (Å²) in [5.41, 5.74) is 22.6. The van der Waals surface area contributed by atoms with Crippen molar-refractivity contribution in [3.8, 4) is 0 Å². The molecule has 352 valence electrons. The molecule has 7 aliphatic rings. The lowest BCUT2D eigenvalue weighted by Gasteiger charge is -2.54. The van der Waals surface area contributed by atoms with Crippen LogP contribution in [0.2, 0.25) is 0 Å². The van der Waals surface area contributed by atoms with Crippen LogP contribution in [-0.4, -0.2) is 6.71 Å². The van der Waals surface area contributed by atoms with E-state index >= 15 is 0 Å². The maximum Gasteiger partial charge on any atom is 0.264 e. The van der Waals surface area contributed by atoms with E-state index in [-0.39, 0.29) is 39.2 Å². The Balaban J connectivity index is 1.16. The number of furan rings is 1. The number of fused-ring (bicyclic) bond motifs is 12. The molecular formula is C64H71BN2OS. The largest absolute Gasteiger partial charge is 0.447 e. The van der Waals surface area contributed by atoms with Crippen molar-refractivity contribution < 1.29 is 4.42 Å². The van der Waals surface area contributed by atoms with Crippen LogP contribution in [0.15, 0.2) is 88.0 Å². The highest BCUT2D eigenvalue weighted by Gasteiger charge is 2.54. The molecule has 5 aliphatic carbocycles. The molecule has 69 heavy (non-hydrogen) atoms. The Morgan fingerprint density at radius 1 is 0.696 bits per heavy atom. The van der Waals surface area contributed by atoms with Gasteiger partial charge < -0.3 is 14.2 Å². The van der Waals surface area contributed by atoms with Crippen molar-refractivity contribution in [2.45, 2.75) is 153 Å². The Morgan fingerprint density at radius 3 is 2.10 bits per heavy atom. The SMILES string of the molecule is Cc1cc2c3c(c1)N(c1cccc4oc5c#cccc5c14)c1c(sc4c1C=C1C(C4)C(C)(C)CCC1(C)C)B3c1cc3c(cc1N2C1=CC=C2C(C1C)C(C)(C)CCC2(C)C)C(C)(C)CCC3(C)C. The molecule has 3 unspecified atom stereocenters.